The molecule has 0 saturated heterocycles. The summed E-state index contributed by atoms with van der Waals surface area (Å²) < 4.78 is 19.7. The minimum absolute atomic E-state index is 0.0981. The van der Waals surface area contributed by atoms with Crippen LogP contribution in [0.1, 0.15) is 84.4 Å². The van der Waals surface area contributed by atoms with Crippen LogP contribution >= 0.6 is 0 Å². The number of aromatic nitrogens is 1. The summed E-state index contributed by atoms with van der Waals surface area (Å²) in [5.74, 6) is 2.67. The second kappa shape index (κ2) is 9.15. The Labute approximate surface area is 218 Å². The summed E-state index contributed by atoms with van der Waals surface area (Å²) in [5, 5.41) is 22.0. The number of para-hydroxylation sites is 1. The molecule has 0 amide bonds. The third kappa shape index (κ3) is 4.00. The molecule has 4 fully saturated rings. The molecule has 1 heterocycles. The fourth-order valence-electron chi connectivity index (χ4n) is 9.94. The van der Waals surface area contributed by atoms with Crippen LogP contribution in [0.25, 0.3) is 10.9 Å². The van der Waals surface area contributed by atoms with Gasteiger partial charge in [0.15, 0.2) is 5.89 Å². The SMILES string of the molecule is C[C@H](CCc1nc2c(F)cccc2c(=O)o1)[C@H]1CC[C@H]2[C@H]3C(CC[C@]12C)[C@@]1(C)CC[C@@H](O)C[C@H]1C[C@@H]3O. The maximum Gasteiger partial charge on any atom is 0.346 e. The highest BCUT2D eigenvalue weighted by atomic mass is 19.1. The number of aliphatic hydroxyl groups excluding tert-OH is 2. The lowest BCUT2D eigenvalue weighted by Crippen LogP contribution is -2.58. The first-order valence-electron chi connectivity index (χ1n) is 14.6. The van der Waals surface area contributed by atoms with Crippen LogP contribution in [-0.2, 0) is 6.42 Å². The Kier molecular flexibility index (Phi) is 6.30. The second-order valence-electron chi connectivity index (χ2n) is 13.5. The van der Waals surface area contributed by atoms with Crippen molar-refractivity contribution in [2.45, 2.75) is 97.2 Å². The van der Waals surface area contributed by atoms with Gasteiger partial charge in [-0.3, -0.25) is 0 Å². The predicted molar refractivity (Wildman–Crippen MR) is 140 cm³/mol. The van der Waals surface area contributed by atoms with Crippen molar-refractivity contribution in [3.05, 3.63) is 40.3 Å². The normalized spacial score (nSPS) is 42.2. The van der Waals surface area contributed by atoms with Gasteiger partial charge < -0.3 is 14.6 Å². The summed E-state index contributed by atoms with van der Waals surface area (Å²) in [6.45, 7) is 7.23. The molecule has 2 N–H and O–H groups in total. The molecule has 0 aliphatic heterocycles. The lowest BCUT2D eigenvalue weighted by atomic mass is 9.43. The summed E-state index contributed by atoms with van der Waals surface area (Å²) in [6.07, 6.45) is 9.27. The van der Waals surface area contributed by atoms with Gasteiger partial charge in [-0.2, -0.15) is 0 Å². The third-order valence-electron chi connectivity index (χ3n) is 11.9. The summed E-state index contributed by atoms with van der Waals surface area (Å²) in [4.78, 5) is 16.7. The summed E-state index contributed by atoms with van der Waals surface area (Å²) >= 11 is 0. The van der Waals surface area contributed by atoms with Crippen molar-refractivity contribution < 1.29 is 19.0 Å². The number of rotatable bonds is 4. The minimum Gasteiger partial charge on any atom is -0.408 e. The first-order valence-corrected chi connectivity index (χ1v) is 14.6. The zero-order valence-corrected chi connectivity index (χ0v) is 22.5. The van der Waals surface area contributed by atoms with Gasteiger partial charge in [0.1, 0.15) is 11.3 Å². The van der Waals surface area contributed by atoms with E-state index in [0.717, 1.165) is 32.1 Å². The summed E-state index contributed by atoms with van der Waals surface area (Å²) in [7, 11) is 0. The summed E-state index contributed by atoms with van der Waals surface area (Å²) in [5.41, 5.74) is 0.0124. The zero-order valence-electron chi connectivity index (χ0n) is 22.5. The number of hydrogen-bond donors (Lipinski definition) is 2. The van der Waals surface area contributed by atoms with Gasteiger partial charge in [0.05, 0.1) is 17.6 Å². The van der Waals surface area contributed by atoms with Gasteiger partial charge in [0.2, 0.25) is 0 Å². The van der Waals surface area contributed by atoms with Gasteiger partial charge in [-0.05, 0) is 116 Å². The molecular weight excluding hydrogens is 469 g/mol. The van der Waals surface area contributed by atoms with Crippen LogP contribution in [-0.4, -0.2) is 27.4 Å². The number of halogens is 1. The quantitative estimate of drug-likeness (QED) is 0.535. The van der Waals surface area contributed by atoms with Gasteiger partial charge in [0.25, 0.3) is 0 Å². The topological polar surface area (TPSA) is 83.6 Å². The highest BCUT2D eigenvalue weighted by Crippen LogP contribution is 2.68. The maximum absolute atomic E-state index is 14.3. The standard InChI is InChI=1S/C31H42FNO4/c1-17(7-10-26-33-28-20(29(36)37-26)5-4-6-24(28)32)21-8-9-22-27-23(12-14-31(21,22)3)30(2)13-11-19(34)15-18(30)16-25(27)35/h4-6,17-19,21-23,25,27,34-35H,7-16H2,1-3H3/t17-,18+,19-,21-,22+,23?,25+,27+,30+,31-/m1/s1. The Morgan fingerprint density at radius 1 is 1.08 bits per heavy atom. The molecule has 2 aromatic rings. The maximum atomic E-state index is 14.3. The molecule has 4 aliphatic carbocycles. The van der Waals surface area contributed by atoms with Gasteiger partial charge in [0, 0.05) is 6.42 Å². The van der Waals surface area contributed by atoms with Crippen LogP contribution in [0.5, 0.6) is 0 Å². The molecule has 37 heavy (non-hydrogen) atoms. The number of aryl methyl sites for hydroxylation is 1. The van der Waals surface area contributed by atoms with Crippen molar-refractivity contribution in [1.82, 2.24) is 4.98 Å². The minimum atomic E-state index is -0.522. The van der Waals surface area contributed by atoms with Crippen LogP contribution in [0, 0.1) is 52.2 Å². The average Bonchev–Trinajstić information content (AvgIpc) is 3.21. The highest BCUT2D eigenvalue weighted by Gasteiger charge is 2.62. The monoisotopic (exact) mass is 511 g/mol. The smallest absolute Gasteiger partial charge is 0.346 e. The number of hydrogen-bond acceptors (Lipinski definition) is 5. The van der Waals surface area contributed by atoms with Crippen LogP contribution in [0.2, 0.25) is 0 Å². The van der Waals surface area contributed by atoms with E-state index < -0.39 is 11.4 Å². The van der Waals surface area contributed by atoms with Crippen LogP contribution in [0.4, 0.5) is 4.39 Å². The fraction of sp³-hybridized carbons (Fsp3) is 0.742. The predicted octanol–water partition coefficient (Wildman–Crippen LogP) is 5.89. The molecule has 5 nitrogen and oxygen atoms in total. The number of nitrogens with zero attached hydrogens (tertiary/aromatic N) is 1. The molecule has 1 aromatic heterocycles. The van der Waals surface area contributed by atoms with Crippen molar-refractivity contribution in [1.29, 1.82) is 0 Å². The Hall–Kier alpha value is -1.79. The van der Waals surface area contributed by atoms with Crippen LogP contribution in [0.3, 0.4) is 0 Å². The van der Waals surface area contributed by atoms with E-state index in [1.807, 2.05) is 0 Å². The van der Waals surface area contributed by atoms with Crippen molar-refractivity contribution in [3.63, 3.8) is 0 Å². The van der Waals surface area contributed by atoms with Crippen molar-refractivity contribution >= 4 is 10.9 Å². The molecule has 0 spiro atoms. The molecule has 0 radical (unpaired) electrons. The molecule has 0 bridgehead atoms. The van der Waals surface area contributed by atoms with E-state index in [1.165, 1.54) is 37.8 Å². The van der Waals surface area contributed by atoms with Crippen LogP contribution < -0.4 is 5.63 Å². The Balaban J connectivity index is 1.19. The molecule has 1 aromatic carbocycles. The third-order valence-corrected chi connectivity index (χ3v) is 11.9. The van der Waals surface area contributed by atoms with Gasteiger partial charge >= 0.3 is 5.63 Å². The van der Waals surface area contributed by atoms with E-state index in [0.29, 0.717) is 47.8 Å². The highest BCUT2D eigenvalue weighted by molar-refractivity contribution is 5.77. The van der Waals surface area contributed by atoms with Crippen molar-refractivity contribution in [2.24, 2.45) is 46.3 Å². The second-order valence-corrected chi connectivity index (χ2v) is 13.5. The molecule has 6 heteroatoms. The van der Waals surface area contributed by atoms with E-state index in [2.05, 4.69) is 25.8 Å². The molecular formula is C31H42FNO4. The number of aliphatic hydroxyl groups is 2. The molecule has 4 aliphatic rings. The lowest BCUT2D eigenvalue weighted by molar-refractivity contribution is -0.174. The van der Waals surface area contributed by atoms with Crippen LogP contribution in [0.15, 0.2) is 27.4 Å². The molecule has 10 atom stereocenters. The largest absolute Gasteiger partial charge is 0.408 e. The van der Waals surface area contributed by atoms with E-state index >= 15 is 0 Å². The number of fused-ring (bicyclic) bond motifs is 6. The fourth-order valence-corrected chi connectivity index (χ4v) is 9.94. The van der Waals surface area contributed by atoms with Crippen molar-refractivity contribution in [2.75, 3.05) is 0 Å². The Bertz CT molecular complexity index is 1230. The van der Waals surface area contributed by atoms with Gasteiger partial charge in [-0.25, -0.2) is 14.2 Å². The number of benzene rings is 1. The molecule has 6 rings (SSSR count). The lowest BCUT2D eigenvalue weighted by Gasteiger charge is -2.62. The Morgan fingerprint density at radius 3 is 2.65 bits per heavy atom. The molecule has 4 saturated carbocycles. The van der Waals surface area contributed by atoms with E-state index in [-0.39, 0.29) is 33.9 Å². The van der Waals surface area contributed by atoms with E-state index in [9.17, 15) is 19.4 Å². The average molecular weight is 512 g/mol. The molecule has 202 valence electrons. The Morgan fingerprint density at radius 2 is 1.84 bits per heavy atom. The summed E-state index contributed by atoms with van der Waals surface area (Å²) in [6, 6.07) is 4.39. The first kappa shape index (κ1) is 25.5. The van der Waals surface area contributed by atoms with E-state index in [1.54, 1.807) is 6.07 Å². The first-order chi connectivity index (χ1) is 17.6. The van der Waals surface area contributed by atoms with Gasteiger partial charge in [-0.1, -0.05) is 26.8 Å². The molecule has 1 unspecified atom stereocenters. The zero-order chi connectivity index (χ0) is 26.1. The van der Waals surface area contributed by atoms with E-state index in [4.69, 9.17) is 4.42 Å². The van der Waals surface area contributed by atoms with Gasteiger partial charge in [-0.15, -0.1) is 0 Å². The van der Waals surface area contributed by atoms with Crippen molar-refractivity contribution in [3.8, 4) is 0 Å².